The van der Waals surface area contributed by atoms with Crippen LogP contribution in [0.25, 0.3) is 0 Å². The molecule has 116 valence electrons. The maximum Gasteiger partial charge on any atom is 0.320 e. The Balaban J connectivity index is 2.05. The minimum absolute atomic E-state index is 0.0656. The SMILES string of the molecule is Cc1ccc(C(c2sccc2C)N2CCCC2C(=O)O)nc1. The average molecular weight is 316 g/mol. The number of carbonyl (C=O) groups is 1. The molecule has 2 aromatic heterocycles. The predicted molar refractivity (Wildman–Crippen MR) is 87.2 cm³/mol. The van der Waals surface area contributed by atoms with Crippen LogP contribution in [0.5, 0.6) is 0 Å². The van der Waals surface area contributed by atoms with E-state index in [1.54, 1.807) is 11.3 Å². The van der Waals surface area contributed by atoms with Crippen LogP contribution in [0.4, 0.5) is 0 Å². The number of aryl methyl sites for hydroxylation is 2. The molecule has 4 nitrogen and oxygen atoms in total. The van der Waals surface area contributed by atoms with Crippen LogP contribution >= 0.6 is 11.3 Å². The molecule has 3 rings (SSSR count). The van der Waals surface area contributed by atoms with Crippen LogP contribution in [0, 0.1) is 13.8 Å². The minimum atomic E-state index is -0.733. The van der Waals surface area contributed by atoms with E-state index < -0.39 is 12.0 Å². The van der Waals surface area contributed by atoms with Gasteiger partial charge in [0.2, 0.25) is 0 Å². The van der Waals surface area contributed by atoms with Crippen molar-refractivity contribution in [1.82, 2.24) is 9.88 Å². The van der Waals surface area contributed by atoms with Crippen LogP contribution in [0.15, 0.2) is 29.8 Å². The second-order valence-corrected chi connectivity index (χ2v) is 6.81. The highest BCUT2D eigenvalue weighted by Crippen LogP contribution is 2.37. The summed E-state index contributed by atoms with van der Waals surface area (Å²) in [6, 6.07) is 5.67. The number of aliphatic carboxylic acids is 1. The second kappa shape index (κ2) is 6.18. The lowest BCUT2D eigenvalue weighted by molar-refractivity contribution is -0.142. The number of aromatic nitrogens is 1. The topological polar surface area (TPSA) is 53.4 Å². The summed E-state index contributed by atoms with van der Waals surface area (Å²) in [4.78, 5) is 19.5. The van der Waals surface area contributed by atoms with E-state index in [0.717, 1.165) is 24.2 Å². The highest BCUT2D eigenvalue weighted by atomic mass is 32.1. The predicted octanol–water partition coefficient (Wildman–Crippen LogP) is 3.40. The van der Waals surface area contributed by atoms with Crippen LogP contribution in [0.2, 0.25) is 0 Å². The number of rotatable bonds is 4. The average Bonchev–Trinajstić information content (AvgIpc) is 3.12. The molecule has 3 heterocycles. The van der Waals surface area contributed by atoms with Crippen molar-refractivity contribution in [3.63, 3.8) is 0 Å². The third kappa shape index (κ3) is 2.78. The molecule has 1 saturated heterocycles. The molecular formula is C17H20N2O2S. The number of likely N-dealkylation sites (tertiary alicyclic amines) is 1. The van der Waals surface area contributed by atoms with E-state index in [2.05, 4.69) is 28.3 Å². The standard InChI is InChI=1S/C17H20N2O2S/c1-11-5-6-13(18-10-11)15(16-12(2)7-9-22-16)19-8-3-4-14(19)17(20)21/h5-7,9-10,14-15H,3-4,8H2,1-2H3,(H,20,21). The van der Waals surface area contributed by atoms with Crippen LogP contribution in [-0.4, -0.2) is 33.5 Å². The number of pyridine rings is 1. The van der Waals surface area contributed by atoms with Gasteiger partial charge in [-0.3, -0.25) is 14.7 Å². The van der Waals surface area contributed by atoms with Gasteiger partial charge in [0.15, 0.2) is 0 Å². The number of carboxylic acids is 1. The molecule has 2 unspecified atom stereocenters. The lowest BCUT2D eigenvalue weighted by Gasteiger charge is -2.30. The fourth-order valence-corrected chi connectivity index (χ4v) is 4.18. The molecule has 0 amide bonds. The van der Waals surface area contributed by atoms with Crippen molar-refractivity contribution < 1.29 is 9.90 Å². The van der Waals surface area contributed by atoms with Crippen molar-refractivity contribution in [3.05, 3.63) is 51.5 Å². The van der Waals surface area contributed by atoms with Crippen LogP contribution in [0.3, 0.4) is 0 Å². The van der Waals surface area contributed by atoms with E-state index in [-0.39, 0.29) is 6.04 Å². The van der Waals surface area contributed by atoms with Crippen molar-refractivity contribution in [2.75, 3.05) is 6.54 Å². The lowest BCUT2D eigenvalue weighted by atomic mass is 10.0. The molecule has 0 bridgehead atoms. The molecule has 0 radical (unpaired) electrons. The van der Waals surface area contributed by atoms with Gasteiger partial charge >= 0.3 is 5.97 Å². The van der Waals surface area contributed by atoms with Gasteiger partial charge in [0.05, 0.1) is 11.7 Å². The fourth-order valence-electron chi connectivity index (χ4n) is 3.12. The van der Waals surface area contributed by atoms with Gasteiger partial charge in [-0.1, -0.05) is 6.07 Å². The smallest absolute Gasteiger partial charge is 0.320 e. The van der Waals surface area contributed by atoms with Gasteiger partial charge < -0.3 is 5.11 Å². The van der Waals surface area contributed by atoms with Gasteiger partial charge in [-0.2, -0.15) is 0 Å². The molecule has 1 aliphatic rings. The van der Waals surface area contributed by atoms with Crippen molar-refractivity contribution in [1.29, 1.82) is 0 Å². The van der Waals surface area contributed by atoms with E-state index in [4.69, 9.17) is 0 Å². The molecule has 1 N–H and O–H groups in total. The zero-order chi connectivity index (χ0) is 15.7. The molecule has 0 aliphatic carbocycles. The van der Waals surface area contributed by atoms with Gasteiger partial charge in [0, 0.05) is 17.6 Å². The zero-order valence-electron chi connectivity index (χ0n) is 12.8. The van der Waals surface area contributed by atoms with E-state index in [0.29, 0.717) is 6.42 Å². The quantitative estimate of drug-likeness (QED) is 0.939. The first-order chi connectivity index (χ1) is 10.6. The first kappa shape index (κ1) is 15.2. The van der Waals surface area contributed by atoms with Gasteiger partial charge in [-0.05, 0) is 55.3 Å². The Hall–Kier alpha value is -1.72. The monoisotopic (exact) mass is 316 g/mol. The largest absolute Gasteiger partial charge is 0.480 e. The Morgan fingerprint density at radius 3 is 2.82 bits per heavy atom. The summed E-state index contributed by atoms with van der Waals surface area (Å²) in [6.07, 6.45) is 3.49. The highest BCUT2D eigenvalue weighted by molar-refractivity contribution is 7.10. The molecule has 0 aromatic carbocycles. The summed E-state index contributed by atoms with van der Waals surface area (Å²) in [5.41, 5.74) is 3.25. The van der Waals surface area contributed by atoms with Crippen molar-refractivity contribution in [3.8, 4) is 0 Å². The minimum Gasteiger partial charge on any atom is -0.480 e. The number of nitrogens with zero attached hydrogens (tertiary/aromatic N) is 2. The number of hydrogen-bond acceptors (Lipinski definition) is 4. The maximum atomic E-state index is 11.6. The first-order valence-corrected chi connectivity index (χ1v) is 8.41. The first-order valence-electron chi connectivity index (χ1n) is 7.53. The number of hydrogen-bond donors (Lipinski definition) is 1. The summed E-state index contributed by atoms with van der Waals surface area (Å²) in [7, 11) is 0. The highest BCUT2D eigenvalue weighted by Gasteiger charge is 2.38. The maximum absolute atomic E-state index is 11.6. The normalized spacial score (nSPS) is 20.2. The van der Waals surface area contributed by atoms with E-state index in [1.165, 1.54) is 10.4 Å². The number of carboxylic acid groups (broad SMARTS) is 1. The van der Waals surface area contributed by atoms with E-state index in [9.17, 15) is 9.90 Å². The fraction of sp³-hybridized carbons (Fsp3) is 0.412. The molecule has 2 aromatic rings. The second-order valence-electron chi connectivity index (χ2n) is 5.86. The van der Waals surface area contributed by atoms with Crippen LogP contribution in [-0.2, 0) is 4.79 Å². The summed E-state index contributed by atoms with van der Waals surface area (Å²) >= 11 is 1.68. The molecular weight excluding hydrogens is 296 g/mol. The van der Waals surface area contributed by atoms with Crippen molar-refractivity contribution in [2.45, 2.75) is 38.8 Å². The van der Waals surface area contributed by atoms with Gasteiger partial charge in [0.1, 0.15) is 6.04 Å². The van der Waals surface area contributed by atoms with Crippen LogP contribution in [0.1, 0.15) is 40.6 Å². The number of thiophene rings is 1. The Bertz CT molecular complexity index is 666. The molecule has 0 spiro atoms. The lowest BCUT2D eigenvalue weighted by Crippen LogP contribution is -2.39. The van der Waals surface area contributed by atoms with Crippen molar-refractivity contribution in [2.24, 2.45) is 0 Å². The molecule has 2 atom stereocenters. The van der Waals surface area contributed by atoms with Crippen molar-refractivity contribution >= 4 is 17.3 Å². The molecule has 5 heteroatoms. The Labute approximate surface area is 134 Å². The Kier molecular flexibility index (Phi) is 4.27. The Morgan fingerprint density at radius 2 is 2.23 bits per heavy atom. The molecule has 0 saturated carbocycles. The summed E-state index contributed by atoms with van der Waals surface area (Å²) in [6.45, 7) is 4.89. The van der Waals surface area contributed by atoms with E-state index >= 15 is 0 Å². The third-order valence-corrected chi connectivity index (χ3v) is 5.35. The summed E-state index contributed by atoms with van der Waals surface area (Å²) in [5, 5.41) is 11.6. The third-order valence-electron chi connectivity index (χ3n) is 4.28. The van der Waals surface area contributed by atoms with Gasteiger partial charge in [0.25, 0.3) is 0 Å². The van der Waals surface area contributed by atoms with E-state index in [1.807, 2.05) is 25.3 Å². The zero-order valence-corrected chi connectivity index (χ0v) is 13.6. The van der Waals surface area contributed by atoms with Gasteiger partial charge in [-0.15, -0.1) is 11.3 Å². The molecule has 1 aliphatic heterocycles. The summed E-state index contributed by atoms with van der Waals surface area (Å²) < 4.78 is 0. The summed E-state index contributed by atoms with van der Waals surface area (Å²) in [5.74, 6) is -0.733. The Morgan fingerprint density at radius 1 is 1.41 bits per heavy atom. The van der Waals surface area contributed by atoms with Gasteiger partial charge in [-0.25, -0.2) is 0 Å². The van der Waals surface area contributed by atoms with Crippen LogP contribution < -0.4 is 0 Å². The molecule has 1 fully saturated rings. The molecule has 22 heavy (non-hydrogen) atoms.